The number of piperazine rings is 1. The van der Waals surface area contributed by atoms with Crippen LogP contribution < -0.4 is 11.3 Å². The number of hydrogen-bond donors (Lipinski definition) is 2. The first kappa shape index (κ1) is 14.3. The minimum absolute atomic E-state index is 0.0113. The molecule has 6 heteroatoms. The van der Waals surface area contributed by atoms with Gasteiger partial charge < -0.3 is 4.90 Å². The molecule has 1 aromatic carbocycles. The van der Waals surface area contributed by atoms with Crippen molar-refractivity contribution in [1.82, 2.24) is 15.2 Å². The van der Waals surface area contributed by atoms with Gasteiger partial charge in [0.2, 0.25) is 0 Å². The van der Waals surface area contributed by atoms with Crippen LogP contribution in [-0.2, 0) is 0 Å². The molecule has 1 aliphatic heterocycles. The summed E-state index contributed by atoms with van der Waals surface area (Å²) < 4.78 is 27.8. The van der Waals surface area contributed by atoms with Crippen molar-refractivity contribution in [3.05, 3.63) is 35.4 Å². The van der Waals surface area contributed by atoms with E-state index in [9.17, 15) is 8.78 Å². The summed E-state index contributed by atoms with van der Waals surface area (Å²) in [7, 11) is 3.94. The summed E-state index contributed by atoms with van der Waals surface area (Å²) in [4.78, 5) is 4.21. The Bertz CT molecular complexity index is 420. The average Bonchev–Trinajstić information content (AvgIpc) is 2.37. The van der Waals surface area contributed by atoms with Crippen molar-refractivity contribution in [2.75, 3.05) is 33.7 Å². The molecule has 1 heterocycles. The van der Waals surface area contributed by atoms with Crippen molar-refractivity contribution in [3.63, 3.8) is 0 Å². The van der Waals surface area contributed by atoms with Crippen molar-refractivity contribution < 1.29 is 8.78 Å². The van der Waals surface area contributed by atoms with E-state index in [1.54, 1.807) is 0 Å². The first-order chi connectivity index (χ1) is 9.04. The van der Waals surface area contributed by atoms with Crippen molar-refractivity contribution in [2.24, 2.45) is 5.84 Å². The molecular formula is C13H20F2N4. The number of nitrogens with two attached hydrogens (primary N) is 1. The number of hydrazine groups is 1. The molecule has 0 aromatic heterocycles. The Morgan fingerprint density at radius 1 is 1.26 bits per heavy atom. The normalized spacial score (nSPS) is 23.5. The second-order valence-corrected chi connectivity index (χ2v) is 5.09. The summed E-state index contributed by atoms with van der Waals surface area (Å²) in [6, 6.07) is 3.23. The average molecular weight is 270 g/mol. The summed E-state index contributed by atoms with van der Waals surface area (Å²) in [6.45, 7) is 2.48. The lowest BCUT2D eigenvalue weighted by Gasteiger charge is -2.41. The van der Waals surface area contributed by atoms with Gasteiger partial charge in [-0.05, 0) is 26.2 Å². The molecule has 106 valence electrons. The summed E-state index contributed by atoms with van der Waals surface area (Å²) in [5, 5.41) is 0. The van der Waals surface area contributed by atoms with Crippen molar-refractivity contribution >= 4 is 0 Å². The molecular weight excluding hydrogens is 250 g/mol. The zero-order chi connectivity index (χ0) is 14.0. The highest BCUT2D eigenvalue weighted by atomic mass is 19.1. The monoisotopic (exact) mass is 270 g/mol. The number of likely N-dealkylation sites (N-methyl/N-ethyl adjacent to an activating group) is 2. The van der Waals surface area contributed by atoms with E-state index in [-0.39, 0.29) is 11.6 Å². The summed E-state index contributed by atoms with van der Waals surface area (Å²) >= 11 is 0. The molecule has 2 rings (SSSR count). The van der Waals surface area contributed by atoms with Crippen LogP contribution in [0, 0.1) is 11.6 Å². The number of halogens is 2. The maximum Gasteiger partial charge on any atom is 0.131 e. The Kier molecular flexibility index (Phi) is 4.46. The summed E-state index contributed by atoms with van der Waals surface area (Å²) in [5.41, 5.74) is 2.58. The van der Waals surface area contributed by atoms with Gasteiger partial charge in [0.1, 0.15) is 11.6 Å². The van der Waals surface area contributed by atoms with Crippen molar-refractivity contribution in [1.29, 1.82) is 0 Å². The molecule has 2 unspecified atom stereocenters. The molecule has 1 fully saturated rings. The highest BCUT2D eigenvalue weighted by molar-refractivity contribution is 5.25. The number of rotatable bonds is 3. The van der Waals surface area contributed by atoms with Crippen molar-refractivity contribution in [2.45, 2.75) is 12.1 Å². The quantitative estimate of drug-likeness (QED) is 0.627. The van der Waals surface area contributed by atoms with E-state index in [4.69, 9.17) is 5.84 Å². The fourth-order valence-electron chi connectivity index (χ4n) is 2.60. The molecule has 0 saturated carbocycles. The van der Waals surface area contributed by atoms with E-state index < -0.39 is 17.7 Å². The Hall–Kier alpha value is -1.08. The minimum atomic E-state index is -0.575. The van der Waals surface area contributed by atoms with E-state index in [0.29, 0.717) is 6.54 Å². The SMILES string of the molecule is CN1CCN(C)C(C(NN)c2c(F)cccc2F)C1. The molecule has 1 aromatic rings. The first-order valence-electron chi connectivity index (χ1n) is 6.33. The number of nitrogens with zero attached hydrogens (tertiary/aromatic N) is 2. The summed E-state index contributed by atoms with van der Waals surface area (Å²) in [5.74, 6) is 4.42. The van der Waals surface area contributed by atoms with Crippen LogP contribution in [0.2, 0.25) is 0 Å². The van der Waals surface area contributed by atoms with Crippen LogP contribution in [-0.4, -0.2) is 49.6 Å². The zero-order valence-corrected chi connectivity index (χ0v) is 11.2. The van der Waals surface area contributed by atoms with Gasteiger partial charge in [-0.15, -0.1) is 0 Å². The van der Waals surface area contributed by atoms with Crippen LogP contribution >= 0.6 is 0 Å². The minimum Gasteiger partial charge on any atom is -0.303 e. The molecule has 0 amide bonds. The number of benzene rings is 1. The Morgan fingerprint density at radius 2 is 1.89 bits per heavy atom. The van der Waals surface area contributed by atoms with Gasteiger partial charge >= 0.3 is 0 Å². The fourth-order valence-corrected chi connectivity index (χ4v) is 2.60. The predicted molar refractivity (Wildman–Crippen MR) is 70.3 cm³/mol. The molecule has 19 heavy (non-hydrogen) atoms. The van der Waals surface area contributed by atoms with Gasteiger partial charge in [-0.25, -0.2) is 8.78 Å². The lowest BCUT2D eigenvalue weighted by molar-refractivity contribution is 0.0856. The van der Waals surface area contributed by atoms with E-state index in [1.165, 1.54) is 18.2 Å². The van der Waals surface area contributed by atoms with Crippen LogP contribution in [0.3, 0.4) is 0 Å². The molecule has 0 radical (unpaired) electrons. The smallest absolute Gasteiger partial charge is 0.131 e. The third-order valence-corrected chi connectivity index (χ3v) is 3.77. The molecule has 3 N–H and O–H groups in total. The molecule has 0 spiro atoms. The van der Waals surface area contributed by atoms with Gasteiger partial charge in [0.15, 0.2) is 0 Å². The topological polar surface area (TPSA) is 44.5 Å². The van der Waals surface area contributed by atoms with Gasteiger partial charge in [-0.1, -0.05) is 6.07 Å². The van der Waals surface area contributed by atoms with Gasteiger partial charge in [0, 0.05) is 31.2 Å². The van der Waals surface area contributed by atoms with Gasteiger partial charge in [-0.3, -0.25) is 16.2 Å². The molecule has 0 bridgehead atoms. The lowest BCUT2D eigenvalue weighted by Crippen LogP contribution is -2.56. The Morgan fingerprint density at radius 3 is 2.47 bits per heavy atom. The second kappa shape index (κ2) is 5.92. The highest BCUT2D eigenvalue weighted by Crippen LogP contribution is 2.27. The highest BCUT2D eigenvalue weighted by Gasteiger charge is 2.33. The second-order valence-electron chi connectivity index (χ2n) is 5.09. The summed E-state index contributed by atoms with van der Waals surface area (Å²) in [6.07, 6.45) is 0. The molecule has 1 saturated heterocycles. The van der Waals surface area contributed by atoms with Crippen LogP contribution in [0.4, 0.5) is 8.78 Å². The van der Waals surface area contributed by atoms with Gasteiger partial charge in [-0.2, -0.15) is 0 Å². The Balaban J connectivity index is 2.33. The maximum absolute atomic E-state index is 13.9. The number of hydrogen-bond acceptors (Lipinski definition) is 4. The third-order valence-electron chi connectivity index (χ3n) is 3.77. The standard InChI is InChI=1S/C13H20F2N4/c1-18-6-7-19(2)11(8-18)13(17-16)12-9(14)4-3-5-10(12)15/h3-5,11,13,17H,6-8,16H2,1-2H3. The first-order valence-corrected chi connectivity index (χ1v) is 6.33. The fraction of sp³-hybridized carbons (Fsp3) is 0.538. The van der Waals surface area contributed by atoms with E-state index in [0.717, 1.165) is 13.1 Å². The van der Waals surface area contributed by atoms with Gasteiger partial charge in [0.05, 0.1) is 6.04 Å². The molecule has 4 nitrogen and oxygen atoms in total. The van der Waals surface area contributed by atoms with Crippen LogP contribution in [0.1, 0.15) is 11.6 Å². The molecule has 1 aliphatic rings. The largest absolute Gasteiger partial charge is 0.303 e. The van der Waals surface area contributed by atoms with E-state index >= 15 is 0 Å². The molecule has 0 aliphatic carbocycles. The predicted octanol–water partition coefficient (Wildman–Crippen LogP) is 0.715. The number of nitrogens with one attached hydrogen (secondary N) is 1. The molecule has 2 atom stereocenters. The van der Waals surface area contributed by atoms with Crippen LogP contribution in [0.15, 0.2) is 18.2 Å². The Labute approximate surface area is 112 Å². The van der Waals surface area contributed by atoms with Crippen LogP contribution in [0.5, 0.6) is 0 Å². The third kappa shape index (κ3) is 2.92. The van der Waals surface area contributed by atoms with Crippen LogP contribution in [0.25, 0.3) is 0 Å². The lowest BCUT2D eigenvalue weighted by atomic mass is 9.96. The van der Waals surface area contributed by atoms with Gasteiger partial charge in [0.25, 0.3) is 0 Å². The van der Waals surface area contributed by atoms with E-state index in [1.807, 2.05) is 14.1 Å². The maximum atomic E-state index is 13.9. The zero-order valence-electron chi connectivity index (χ0n) is 11.2. The van der Waals surface area contributed by atoms with E-state index in [2.05, 4.69) is 15.2 Å². The van der Waals surface area contributed by atoms with Crippen molar-refractivity contribution in [3.8, 4) is 0 Å².